The van der Waals surface area contributed by atoms with Crippen molar-refractivity contribution in [3.05, 3.63) is 42.2 Å². The van der Waals surface area contributed by atoms with E-state index in [9.17, 15) is 4.79 Å². The zero-order valence-electron chi connectivity index (χ0n) is 27.1. The summed E-state index contributed by atoms with van der Waals surface area (Å²) in [6.45, 7) is 23.0. The van der Waals surface area contributed by atoms with Crippen molar-refractivity contribution in [3.8, 4) is 0 Å². The summed E-state index contributed by atoms with van der Waals surface area (Å²) in [5, 5.41) is 0. The third kappa shape index (κ3) is 4.04. The fraction of sp³-hybridized carbons (Fsp3) is 0.784. The quantitative estimate of drug-likeness (QED) is 0.374. The Morgan fingerprint density at radius 1 is 0.927 bits per heavy atom. The van der Waals surface area contributed by atoms with Gasteiger partial charge in [-0.2, -0.15) is 0 Å². The van der Waals surface area contributed by atoms with E-state index in [1.165, 1.54) is 63.4 Å². The van der Waals surface area contributed by atoms with Crippen LogP contribution in [0.2, 0.25) is 0 Å². The second kappa shape index (κ2) is 9.58. The molecule has 5 fully saturated rings. The van der Waals surface area contributed by atoms with Gasteiger partial charge >= 0.3 is 6.03 Å². The normalized spacial score (nSPS) is 46.4. The van der Waals surface area contributed by atoms with Gasteiger partial charge in [0, 0.05) is 12.2 Å². The molecule has 1 aromatic heterocycles. The predicted octanol–water partition coefficient (Wildman–Crippen LogP) is 9.01. The summed E-state index contributed by atoms with van der Waals surface area (Å²) in [6.07, 6.45) is 14.9. The van der Waals surface area contributed by atoms with Crippen molar-refractivity contribution in [1.82, 2.24) is 9.88 Å². The summed E-state index contributed by atoms with van der Waals surface area (Å²) in [5.41, 5.74) is 10.0. The van der Waals surface area contributed by atoms with Crippen molar-refractivity contribution in [2.75, 3.05) is 0 Å². The number of carbonyl (C=O) groups excluding carboxylic acids is 1. The molecule has 2 amide bonds. The molecular formula is C37H57N3O. The third-order valence-corrected chi connectivity index (χ3v) is 15.2. The van der Waals surface area contributed by atoms with Crippen LogP contribution in [0.1, 0.15) is 118 Å². The maximum Gasteiger partial charge on any atom is 0.315 e. The molecule has 226 valence electrons. The van der Waals surface area contributed by atoms with Gasteiger partial charge in [0.05, 0.1) is 12.2 Å². The van der Waals surface area contributed by atoms with Crippen LogP contribution in [0.5, 0.6) is 0 Å². The molecule has 1 unspecified atom stereocenters. The minimum absolute atomic E-state index is 0.00245. The molecular weight excluding hydrogens is 502 g/mol. The Bertz CT molecular complexity index is 1190. The molecule has 41 heavy (non-hydrogen) atoms. The molecule has 5 aliphatic carbocycles. The molecule has 0 saturated heterocycles. The van der Waals surface area contributed by atoms with Crippen molar-refractivity contribution in [2.24, 2.45) is 62.4 Å². The average Bonchev–Trinajstić information content (AvgIpc) is 3.26. The van der Waals surface area contributed by atoms with E-state index in [1.54, 1.807) is 0 Å². The number of hydrogen-bond donors (Lipinski definition) is 1. The molecule has 5 saturated carbocycles. The number of carbonyl (C=O) groups is 1. The fourth-order valence-corrected chi connectivity index (χ4v) is 13.0. The summed E-state index contributed by atoms with van der Waals surface area (Å²) in [7, 11) is 0. The van der Waals surface area contributed by atoms with Crippen LogP contribution < -0.4 is 5.73 Å². The molecule has 0 aliphatic heterocycles. The van der Waals surface area contributed by atoms with Gasteiger partial charge in [-0.15, -0.1) is 0 Å². The molecule has 5 aliphatic rings. The van der Waals surface area contributed by atoms with E-state index in [2.05, 4.69) is 60.0 Å². The highest BCUT2D eigenvalue weighted by Crippen LogP contribution is 2.77. The Balaban J connectivity index is 1.31. The number of amides is 2. The minimum atomic E-state index is -0.306. The lowest BCUT2D eigenvalue weighted by Gasteiger charge is -2.73. The minimum Gasteiger partial charge on any atom is -0.351 e. The number of allylic oxidation sites excluding steroid dienone is 1. The number of primary amides is 1. The standard InChI is InChI=1S/C37H57N3O/c1-24(2)26-14-17-34(5)20-21-36(7)27(31(26)34)12-13-29-35(6)18-16-30(33(3,4)28(35)15-19-37(29,36)8)40(32(38)41)23-25-11-9-10-22-39-25/h9-11,22,26-31H,1,12-21,23H2,2-8H3,(H2,38,41)/t26-,27+,28-,29+,30?,31+,34+,35-,36+,37+/m0/s1. The summed E-state index contributed by atoms with van der Waals surface area (Å²) in [5.74, 6) is 3.66. The molecule has 4 nitrogen and oxygen atoms in total. The van der Waals surface area contributed by atoms with Crippen LogP contribution in [-0.2, 0) is 6.54 Å². The van der Waals surface area contributed by atoms with Crippen molar-refractivity contribution in [1.29, 1.82) is 0 Å². The van der Waals surface area contributed by atoms with Gasteiger partial charge < -0.3 is 10.6 Å². The second-order valence-electron chi connectivity index (χ2n) is 17.0. The highest BCUT2D eigenvalue weighted by molar-refractivity contribution is 5.72. The molecule has 0 aromatic carbocycles. The smallest absolute Gasteiger partial charge is 0.315 e. The molecule has 1 aromatic rings. The highest BCUT2D eigenvalue weighted by Gasteiger charge is 2.70. The topological polar surface area (TPSA) is 59.2 Å². The molecule has 6 rings (SSSR count). The molecule has 2 N–H and O–H groups in total. The Labute approximate surface area is 250 Å². The lowest BCUT2D eigenvalue weighted by molar-refractivity contribution is -0.241. The van der Waals surface area contributed by atoms with Crippen molar-refractivity contribution >= 4 is 6.03 Å². The van der Waals surface area contributed by atoms with E-state index in [0.717, 1.165) is 29.9 Å². The number of pyridine rings is 1. The van der Waals surface area contributed by atoms with Gasteiger partial charge in [-0.05, 0) is 140 Å². The highest BCUT2D eigenvalue weighted by atomic mass is 16.2. The monoisotopic (exact) mass is 559 g/mol. The van der Waals surface area contributed by atoms with Gasteiger partial charge in [-0.1, -0.05) is 59.8 Å². The van der Waals surface area contributed by atoms with Crippen LogP contribution in [0.3, 0.4) is 0 Å². The van der Waals surface area contributed by atoms with Crippen LogP contribution in [0.25, 0.3) is 0 Å². The van der Waals surface area contributed by atoms with Crippen molar-refractivity contribution in [3.63, 3.8) is 0 Å². The van der Waals surface area contributed by atoms with Gasteiger partial charge in [0.15, 0.2) is 0 Å². The Morgan fingerprint density at radius 2 is 1.68 bits per heavy atom. The summed E-state index contributed by atoms with van der Waals surface area (Å²) in [6, 6.07) is 5.78. The molecule has 0 radical (unpaired) electrons. The van der Waals surface area contributed by atoms with Gasteiger partial charge in [0.2, 0.25) is 0 Å². The van der Waals surface area contributed by atoms with Crippen LogP contribution in [-0.4, -0.2) is 22.0 Å². The summed E-state index contributed by atoms with van der Waals surface area (Å²) < 4.78 is 0. The number of rotatable bonds is 4. The average molecular weight is 560 g/mol. The molecule has 10 atom stereocenters. The number of aromatic nitrogens is 1. The maximum absolute atomic E-state index is 12.9. The fourth-order valence-electron chi connectivity index (χ4n) is 13.0. The Hall–Kier alpha value is -1.84. The number of nitrogens with zero attached hydrogens (tertiary/aromatic N) is 2. The van der Waals surface area contributed by atoms with Crippen LogP contribution in [0.15, 0.2) is 36.5 Å². The first kappa shape index (κ1) is 29.2. The zero-order chi connectivity index (χ0) is 29.6. The summed E-state index contributed by atoms with van der Waals surface area (Å²) >= 11 is 0. The van der Waals surface area contributed by atoms with Gasteiger partial charge in [0.25, 0.3) is 0 Å². The SMILES string of the molecule is C=C(C)[C@@H]1CC[C@]2(C)CC[C@]3(C)[C@H](CC[C@@H]4[C@@]5(C)CCC(N(Cc6ccccn6)C(N)=O)C(C)(C)[C@@H]5CC[C@]43C)[C@@H]12. The molecule has 4 heteroatoms. The van der Waals surface area contributed by atoms with E-state index < -0.39 is 0 Å². The van der Waals surface area contributed by atoms with E-state index in [-0.39, 0.29) is 17.5 Å². The predicted molar refractivity (Wildman–Crippen MR) is 168 cm³/mol. The van der Waals surface area contributed by atoms with Crippen LogP contribution in [0.4, 0.5) is 4.79 Å². The third-order valence-electron chi connectivity index (χ3n) is 15.2. The van der Waals surface area contributed by atoms with Crippen molar-refractivity contribution in [2.45, 2.75) is 125 Å². The second-order valence-corrected chi connectivity index (χ2v) is 17.0. The largest absolute Gasteiger partial charge is 0.351 e. The number of fused-ring (bicyclic) bond motifs is 7. The number of urea groups is 1. The van der Waals surface area contributed by atoms with E-state index >= 15 is 0 Å². The van der Waals surface area contributed by atoms with Crippen LogP contribution in [0, 0.1) is 56.7 Å². The Kier molecular flexibility index (Phi) is 6.83. The van der Waals surface area contributed by atoms with E-state index in [1.807, 2.05) is 29.3 Å². The number of hydrogen-bond acceptors (Lipinski definition) is 2. The molecule has 1 heterocycles. The van der Waals surface area contributed by atoms with Crippen molar-refractivity contribution < 1.29 is 4.79 Å². The lowest BCUT2D eigenvalue weighted by atomic mass is 9.32. The number of nitrogens with two attached hydrogens (primary N) is 1. The van der Waals surface area contributed by atoms with Crippen LogP contribution >= 0.6 is 0 Å². The zero-order valence-corrected chi connectivity index (χ0v) is 27.1. The Morgan fingerprint density at radius 3 is 2.34 bits per heavy atom. The van der Waals surface area contributed by atoms with Gasteiger partial charge in [-0.25, -0.2) is 4.79 Å². The first-order chi connectivity index (χ1) is 19.2. The first-order valence-corrected chi connectivity index (χ1v) is 16.8. The van der Waals surface area contributed by atoms with E-state index in [0.29, 0.717) is 40.0 Å². The summed E-state index contributed by atoms with van der Waals surface area (Å²) in [4.78, 5) is 19.4. The van der Waals surface area contributed by atoms with Gasteiger partial charge in [0.1, 0.15) is 0 Å². The maximum atomic E-state index is 12.9. The lowest BCUT2D eigenvalue weighted by Crippen LogP contribution is -2.68. The molecule has 0 spiro atoms. The van der Waals surface area contributed by atoms with E-state index in [4.69, 9.17) is 5.73 Å². The first-order valence-electron chi connectivity index (χ1n) is 16.8. The molecule has 0 bridgehead atoms. The van der Waals surface area contributed by atoms with Gasteiger partial charge in [-0.3, -0.25) is 4.98 Å².